The van der Waals surface area contributed by atoms with Crippen molar-refractivity contribution in [2.24, 2.45) is 13.0 Å². The maximum absolute atomic E-state index is 14.6. The summed E-state index contributed by atoms with van der Waals surface area (Å²) < 4.78 is 47.4. The van der Waals surface area contributed by atoms with Crippen molar-refractivity contribution in [3.8, 4) is 0 Å². The lowest BCUT2D eigenvalue weighted by Crippen LogP contribution is -2.68. The van der Waals surface area contributed by atoms with Gasteiger partial charge in [-0.15, -0.1) is 0 Å². The Morgan fingerprint density at radius 2 is 1.43 bits per heavy atom. The van der Waals surface area contributed by atoms with E-state index in [-0.39, 0.29) is 23.0 Å². The lowest BCUT2D eigenvalue weighted by Gasteiger charge is -2.52. The zero-order valence-electron chi connectivity index (χ0n) is 28.8. The average molecular weight is 689 g/mol. The molecule has 0 N–H and O–H groups in total. The molecule has 3 aliphatic heterocycles. The normalized spacial score (nSPS) is 22.8. The van der Waals surface area contributed by atoms with Crippen molar-refractivity contribution in [2.75, 3.05) is 6.61 Å². The summed E-state index contributed by atoms with van der Waals surface area (Å²) in [6.07, 6.45) is 2.86. The van der Waals surface area contributed by atoms with E-state index < -0.39 is 24.6 Å². The minimum atomic E-state index is -3.81. The number of aryl methyl sites for hydroxylation is 2. The molecule has 8 rings (SSSR count). The van der Waals surface area contributed by atoms with Crippen LogP contribution in [0.15, 0.2) is 126 Å². The van der Waals surface area contributed by atoms with Crippen LogP contribution in [0, 0.1) is 12.8 Å². The van der Waals surface area contributed by atoms with Gasteiger partial charge in [0, 0.05) is 35.6 Å². The van der Waals surface area contributed by atoms with Crippen LogP contribution < -0.4 is 10.4 Å². The largest absolute Gasteiger partial charge is 0.380 e. The Morgan fingerprint density at radius 1 is 0.816 bits per heavy atom. The minimum Gasteiger partial charge on any atom is -0.380 e. The van der Waals surface area contributed by atoms with Gasteiger partial charge >= 0.3 is 0 Å². The number of aromatic nitrogens is 1. The van der Waals surface area contributed by atoms with Crippen LogP contribution in [0.5, 0.6) is 0 Å². The first-order valence-corrected chi connectivity index (χ1v) is 20.6. The lowest BCUT2D eigenvalue weighted by atomic mass is 9.74. The van der Waals surface area contributed by atoms with Crippen LogP contribution in [0.25, 0.3) is 10.9 Å². The molecule has 0 amide bonds. The van der Waals surface area contributed by atoms with E-state index in [0.717, 1.165) is 16.8 Å². The maximum atomic E-state index is 14.6. The van der Waals surface area contributed by atoms with Crippen molar-refractivity contribution in [1.29, 1.82) is 0 Å². The summed E-state index contributed by atoms with van der Waals surface area (Å²) in [4.78, 5) is 0.340. The van der Waals surface area contributed by atoms with Gasteiger partial charge in [0.2, 0.25) is 10.0 Å². The van der Waals surface area contributed by atoms with Crippen LogP contribution >= 0.6 is 0 Å². The second-order valence-electron chi connectivity index (χ2n) is 14.9. The molecule has 1 aromatic heterocycles. The number of hydrogen-bond donors (Lipinski definition) is 0. The Morgan fingerprint density at radius 3 is 2.06 bits per heavy atom. The van der Waals surface area contributed by atoms with Gasteiger partial charge in [0.05, 0.1) is 17.5 Å². The molecule has 0 unspecified atom stereocenters. The van der Waals surface area contributed by atoms with E-state index in [2.05, 4.69) is 123 Å². The van der Waals surface area contributed by atoms with Crippen molar-refractivity contribution in [3.05, 3.63) is 138 Å². The zero-order valence-corrected chi connectivity index (χ0v) is 30.7. The van der Waals surface area contributed by atoms with Gasteiger partial charge in [-0.05, 0) is 65.0 Å². The quantitative estimate of drug-likeness (QED) is 0.142. The smallest absolute Gasteiger partial charge is 0.264 e. The van der Waals surface area contributed by atoms with Gasteiger partial charge in [-0.25, -0.2) is 8.42 Å². The summed E-state index contributed by atoms with van der Waals surface area (Å²) in [5.74, 6) is -0.0809. The fraction of sp³-hybridized carbons (Fsp3) is 0.317. The number of rotatable bonds is 6. The molecule has 1 saturated heterocycles. The molecule has 2 bridgehead atoms. The summed E-state index contributed by atoms with van der Waals surface area (Å²) in [7, 11) is -4.61. The molecule has 0 aliphatic carbocycles. The Kier molecular flexibility index (Phi) is 7.89. The van der Waals surface area contributed by atoms with Crippen molar-refractivity contribution < 1.29 is 17.6 Å². The molecule has 0 radical (unpaired) electrons. The number of nitrogens with zero attached hydrogens (tertiary/aromatic N) is 2. The topological polar surface area (TPSA) is 60.8 Å². The van der Waals surface area contributed by atoms with E-state index in [0.29, 0.717) is 24.3 Å². The van der Waals surface area contributed by atoms with Crippen LogP contribution in [0.1, 0.15) is 50.1 Å². The second kappa shape index (κ2) is 11.9. The fourth-order valence-electron chi connectivity index (χ4n) is 8.85. The van der Waals surface area contributed by atoms with Crippen LogP contribution in [0.2, 0.25) is 5.04 Å². The Bertz CT molecular complexity index is 2120. The summed E-state index contributed by atoms with van der Waals surface area (Å²) >= 11 is 0. The molecule has 4 aromatic carbocycles. The highest BCUT2D eigenvalue weighted by molar-refractivity contribution is 7.89. The molecule has 4 atom stereocenters. The SMILES string of the molecule is Cc1ccc(S(=O)(=O)N2[C@H]3CC4=C[C@@H](O[Si](c5ccccc5)(c5ccccc5)C(C)(C)C)OC[C@H]4[C@@H]2Cc2c3n(C)c3ccccc23)cc1. The van der Waals surface area contributed by atoms with Gasteiger partial charge < -0.3 is 13.7 Å². The number of piperidine rings is 1. The van der Waals surface area contributed by atoms with E-state index in [9.17, 15) is 8.42 Å². The Hall–Kier alpha value is -3.79. The third kappa shape index (κ3) is 5.10. The number of sulfonamides is 1. The summed E-state index contributed by atoms with van der Waals surface area (Å²) in [6.45, 7) is 9.21. The number of benzene rings is 4. The molecule has 8 heteroatoms. The molecule has 1 fully saturated rings. The first-order chi connectivity index (χ1) is 23.5. The van der Waals surface area contributed by atoms with Crippen molar-refractivity contribution >= 4 is 39.6 Å². The molecular formula is C41H44N2O4SSi. The maximum Gasteiger partial charge on any atom is 0.264 e. The predicted molar refractivity (Wildman–Crippen MR) is 198 cm³/mol. The highest BCUT2D eigenvalue weighted by Gasteiger charge is 2.55. The van der Waals surface area contributed by atoms with Crippen molar-refractivity contribution in [2.45, 2.75) is 68.8 Å². The molecule has 4 heterocycles. The van der Waals surface area contributed by atoms with Crippen LogP contribution in [0.4, 0.5) is 0 Å². The molecule has 6 nitrogen and oxygen atoms in total. The fourth-order valence-corrected chi connectivity index (χ4v) is 15.2. The third-order valence-corrected chi connectivity index (χ3v) is 18.0. The number of para-hydroxylation sites is 1. The zero-order chi connectivity index (χ0) is 34.1. The van der Waals surface area contributed by atoms with E-state index in [4.69, 9.17) is 9.16 Å². The molecule has 3 aliphatic rings. The van der Waals surface area contributed by atoms with Crippen LogP contribution in [0.3, 0.4) is 0 Å². The molecule has 252 valence electrons. The summed E-state index contributed by atoms with van der Waals surface area (Å²) in [6, 6.07) is 36.4. The number of ether oxygens (including phenoxy) is 1. The summed E-state index contributed by atoms with van der Waals surface area (Å²) in [5, 5.41) is 3.41. The molecule has 0 saturated carbocycles. The lowest BCUT2D eigenvalue weighted by molar-refractivity contribution is -0.0861. The van der Waals surface area contributed by atoms with Gasteiger partial charge in [-0.1, -0.05) is 123 Å². The first kappa shape index (κ1) is 32.4. The van der Waals surface area contributed by atoms with Crippen molar-refractivity contribution in [1.82, 2.24) is 8.87 Å². The highest BCUT2D eigenvalue weighted by atomic mass is 32.2. The standard InChI is InChI=1S/C41H44N2O4SSi/c1-28-20-22-30(23-21-28)48(44,45)43-37-26-34-33-18-12-13-19-36(33)42(5)40(34)38(43)24-29-25-39(46-27-35(29)37)47-49(41(2,3)4,31-14-8-6-9-15-31)32-16-10-7-11-17-32/h6-23,25,35,37-39H,24,26-27H2,1-5H3/t35-,37+,38+,39-/m1/s1. The van der Waals surface area contributed by atoms with E-state index in [1.165, 1.54) is 26.9 Å². The number of fused-ring (bicyclic) bond motifs is 8. The minimum absolute atomic E-state index is 0.0809. The average Bonchev–Trinajstić information content (AvgIpc) is 3.38. The summed E-state index contributed by atoms with van der Waals surface area (Å²) in [5.41, 5.74) is 5.74. The highest BCUT2D eigenvalue weighted by Crippen LogP contribution is 2.52. The van der Waals surface area contributed by atoms with E-state index >= 15 is 0 Å². The molecular weight excluding hydrogens is 645 g/mol. The third-order valence-electron chi connectivity index (χ3n) is 11.1. The number of hydrogen-bond acceptors (Lipinski definition) is 4. The van der Waals surface area contributed by atoms with Gasteiger partial charge in [-0.3, -0.25) is 0 Å². The first-order valence-electron chi connectivity index (χ1n) is 17.3. The van der Waals surface area contributed by atoms with Gasteiger partial charge in [-0.2, -0.15) is 4.31 Å². The van der Waals surface area contributed by atoms with E-state index in [1.54, 1.807) is 12.1 Å². The van der Waals surface area contributed by atoms with E-state index in [1.807, 2.05) is 23.4 Å². The monoisotopic (exact) mass is 688 g/mol. The van der Waals surface area contributed by atoms with Gasteiger partial charge in [0.25, 0.3) is 8.32 Å². The van der Waals surface area contributed by atoms with Crippen LogP contribution in [-0.4, -0.2) is 44.5 Å². The van der Waals surface area contributed by atoms with Gasteiger partial charge in [0.1, 0.15) is 0 Å². The Balaban J connectivity index is 1.24. The Labute approximate surface area is 291 Å². The molecule has 0 spiro atoms. The van der Waals surface area contributed by atoms with Crippen LogP contribution in [-0.2, 0) is 32.7 Å². The van der Waals surface area contributed by atoms with Gasteiger partial charge in [0.15, 0.2) is 6.29 Å². The second-order valence-corrected chi connectivity index (χ2v) is 21.0. The predicted octanol–water partition coefficient (Wildman–Crippen LogP) is 7.02. The van der Waals surface area contributed by atoms with Crippen molar-refractivity contribution in [3.63, 3.8) is 0 Å². The molecule has 49 heavy (non-hydrogen) atoms. The molecule has 5 aromatic rings.